The van der Waals surface area contributed by atoms with Gasteiger partial charge in [0.15, 0.2) is 0 Å². The van der Waals surface area contributed by atoms with E-state index in [4.69, 9.17) is 0 Å². The third-order valence-electron chi connectivity index (χ3n) is 4.12. The first kappa shape index (κ1) is 17.5. The summed E-state index contributed by atoms with van der Waals surface area (Å²) < 4.78 is 1.78. The number of nitrogens with one attached hydrogen (secondary N) is 2. The second-order valence-corrected chi connectivity index (χ2v) is 5.97. The van der Waals surface area contributed by atoms with Gasteiger partial charge >= 0.3 is 0 Å². The number of carbonyl (C=O) groups excluding carboxylic acids is 2. The van der Waals surface area contributed by atoms with Crippen molar-refractivity contribution in [1.29, 1.82) is 0 Å². The van der Waals surface area contributed by atoms with E-state index in [0.29, 0.717) is 6.54 Å². The van der Waals surface area contributed by atoms with E-state index in [-0.39, 0.29) is 17.7 Å². The van der Waals surface area contributed by atoms with E-state index in [2.05, 4.69) is 20.6 Å². The standard InChI is InChI=1S/C16H27N5O2/c1-3-7-17-15(22)12-20-8-5-13(6-9-20)16(23)19-14-10-18-21(4-2)11-14/h10-11,13H,3-9,12H2,1-2H3,(H,17,22)(H,19,23). The number of carbonyl (C=O) groups is 2. The Hall–Kier alpha value is -1.89. The maximum Gasteiger partial charge on any atom is 0.234 e. The first-order valence-electron chi connectivity index (χ1n) is 8.44. The fourth-order valence-electron chi connectivity index (χ4n) is 2.72. The van der Waals surface area contributed by atoms with Gasteiger partial charge in [-0.25, -0.2) is 0 Å². The lowest BCUT2D eigenvalue weighted by molar-refractivity contribution is -0.123. The third kappa shape index (κ3) is 5.35. The van der Waals surface area contributed by atoms with E-state index >= 15 is 0 Å². The van der Waals surface area contributed by atoms with Gasteiger partial charge in [0.2, 0.25) is 11.8 Å². The SMILES string of the molecule is CCCNC(=O)CN1CCC(C(=O)Nc2cnn(CC)c2)CC1. The third-order valence-corrected chi connectivity index (χ3v) is 4.12. The van der Waals surface area contributed by atoms with Crippen molar-refractivity contribution in [2.75, 3.05) is 31.5 Å². The summed E-state index contributed by atoms with van der Waals surface area (Å²) in [6.07, 6.45) is 6.03. The summed E-state index contributed by atoms with van der Waals surface area (Å²) in [5.41, 5.74) is 0.748. The van der Waals surface area contributed by atoms with Crippen LogP contribution in [0.15, 0.2) is 12.4 Å². The number of aryl methyl sites for hydroxylation is 1. The Bertz CT molecular complexity index is 520. The summed E-state index contributed by atoms with van der Waals surface area (Å²) in [7, 11) is 0. The fourth-order valence-corrected chi connectivity index (χ4v) is 2.72. The average molecular weight is 321 g/mol. The highest BCUT2D eigenvalue weighted by molar-refractivity contribution is 5.92. The highest BCUT2D eigenvalue weighted by atomic mass is 16.2. The number of hydrogen-bond donors (Lipinski definition) is 2. The molecule has 7 nitrogen and oxygen atoms in total. The maximum atomic E-state index is 12.3. The number of hydrogen-bond acceptors (Lipinski definition) is 4. The molecule has 0 bridgehead atoms. The van der Waals surface area contributed by atoms with Gasteiger partial charge in [0.05, 0.1) is 18.4 Å². The number of amides is 2. The smallest absolute Gasteiger partial charge is 0.234 e. The molecule has 0 spiro atoms. The molecule has 0 aromatic carbocycles. The maximum absolute atomic E-state index is 12.3. The van der Waals surface area contributed by atoms with Crippen LogP contribution in [-0.2, 0) is 16.1 Å². The highest BCUT2D eigenvalue weighted by Gasteiger charge is 2.26. The molecule has 2 N–H and O–H groups in total. The second-order valence-electron chi connectivity index (χ2n) is 5.97. The van der Waals surface area contributed by atoms with E-state index in [1.54, 1.807) is 10.9 Å². The number of anilines is 1. The lowest BCUT2D eigenvalue weighted by Crippen LogP contribution is -2.43. The largest absolute Gasteiger partial charge is 0.355 e. The van der Waals surface area contributed by atoms with Crippen molar-refractivity contribution in [3.8, 4) is 0 Å². The van der Waals surface area contributed by atoms with Crippen molar-refractivity contribution in [3.05, 3.63) is 12.4 Å². The molecule has 1 aromatic rings. The minimum absolute atomic E-state index is 0.00919. The van der Waals surface area contributed by atoms with Gasteiger partial charge in [0, 0.05) is 25.2 Å². The summed E-state index contributed by atoms with van der Waals surface area (Å²) in [4.78, 5) is 26.1. The van der Waals surface area contributed by atoms with Crippen LogP contribution in [-0.4, -0.2) is 52.7 Å². The molecular weight excluding hydrogens is 294 g/mol. The summed E-state index contributed by atoms with van der Waals surface area (Å²) in [5, 5.41) is 9.97. The molecule has 0 aliphatic carbocycles. The minimum Gasteiger partial charge on any atom is -0.355 e. The van der Waals surface area contributed by atoms with Crippen LogP contribution in [0, 0.1) is 5.92 Å². The van der Waals surface area contributed by atoms with Crippen LogP contribution in [0.25, 0.3) is 0 Å². The zero-order valence-corrected chi connectivity index (χ0v) is 14.0. The minimum atomic E-state index is 0.00919. The van der Waals surface area contributed by atoms with Crippen molar-refractivity contribution in [1.82, 2.24) is 20.0 Å². The molecule has 2 amide bonds. The predicted octanol–water partition coefficient (Wildman–Crippen LogP) is 1.08. The summed E-state index contributed by atoms with van der Waals surface area (Å²) in [5.74, 6) is 0.132. The Morgan fingerprint density at radius 2 is 2.04 bits per heavy atom. The first-order chi connectivity index (χ1) is 11.1. The summed E-state index contributed by atoms with van der Waals surface area (Å²) in [6, 6.07) is 0. The van der Waals surface area contributed by atoms with Gasteiger partial charge in [-0.05, 0) is 39.3 Å². The molecule has 0 saturated carbocycles. The van der Waals surface area contributed by atoms with Gasteiger partial charge in [-0.3, -0.25) is 19.2 Å². The first-order valence-corrected chi connectivity index (χ1v) is 8.44. The van der Waals surface area contributed by atoms with Gasteiger partial charge < -0.3 is 10.6 Å². The topological polar surface area (TPSA) is 79.3 Å². The number of rotatable bonds is 7. The highest BCUT2D eigenvalue weighted by Crippen LogP contribution is 2.19. The zero-order chi connectivity index (χ0) is 16.7. The van der Waals surface area contributed by atoms with Crippen LogP contribution >= 0.6 is 0 Å². The molecule has 1 aliphatic heterocycles. The molecule has 0 unspecified atom stereocenters. The van der Waals surface area contributed by atoms with Crippen LogP contribution in [0.5, 0.6) is 0 Å². The lowest BCUT2D eigenvalue weighted by Gasteiger charge is -2.30. The van der Waals surface area contributed by atoms with E-state index < -0.39 is 0 Å². The summed E-state index contributed by atoms with van der Waals surface area (Å²) in [6.45, 7) is 7.55. The molecule has 0 atom stereocenters. The van der Waals surface area contributed by atoms with Gasteiger partial charge in [0.1, 0.15) is 0 Å². The molecule has 0 radical (unpaired) electrons. The summed E-state index contributed by atoms with van der Waals surface area (Å²) >= 11 is 0. The molecule has 128 valence electrons. The van der Waals surface area contributed by atoms with Crippen LogP contribution in [0.1, 0.15) is 33.1 Å². The number of likely N-dealkylation sites (tertiary alicyclic amines) is 1. The molecule has 1 aliphatic rings. The van der Waals surface area contributed by atoms with Crippen molar-refractivity contribution < 1.29 is 9.59 Å². The number of aromatic nitrogens is 2. The van der Waals surface area contributed by atoms with Gasteiger partial charge in [0.25, 0.3) is 0 Å². The van der Waals surface area contributed by atoms with Gasteiger partial charge in [-0.2, -0.15) is 5.10 Å². The average Bonchev–Trinajstić information content (AvgIpc) is 3.01. The normalized spacial score (nSPS) is 16.3. The Morgan fingerprint density at radius 1 is 1.30 bits per heavy atom. The Labute approximate surface area is 137 Å². The molecule has 1 fully saturated rings. The molecule has 23 heavy (non-hydrogen) atoms. The van der Waals surface area contributed by atoms with Crippen molar-refractivity contribution >= 4 is 17.5 Å². The predicted molar refractivity (Wildman–Crippen MR) is 89.0 cm³/mol. The monoisotopic (exact) mass is 321 g/mol. The number of nitrogens with zero attached hydrogens (tertiary/aromatic N) is 3. The fraction of sp³-hybridized carbons (Fsp3) is 0.688. The molecular formula is C16H27N5O2. The van der Waals surface area contributed by atoms with Crippen LogP contribution in [0.3, 0.4) is 0 Å². The van der Waals surface area contributed by atoms with E-state index in [9.17, 15) is 9.59 Å². The van der Waals surface area contributed by atoms with Gasteiger partial charge in [-0.15, -0.1) is 0 Å². The second kappa shape index (κ2) is 8.67. The van der Waals surface area contributed by atoms with E-state index in [0.717, 1.165) is 51.1 Å². The van der Waals surface area contributed by atoms with E-state index in [1.165, 1.54) is 0 Å². The quantitative estimate of drug-likeness (QED) is 0.787. The molecule has 1 saturated heterocycles. The van der Waals surface area contributed by atoms with E-state index in [1.807, 2.05) is 20.0 Å². The molecule has 2 heterocycles. The van der Waals surface area contributed by atoms with Crippen LogP contribution < -0.4 is 10.6 Å². The van der Waals surface area contributed by atoms with Crippen molar-refractivity contribution in [2.24, 2.45) is 5.92 Å². The number of piperidine rings is 1. The van der Waals surface area contributed by atoms with Crippen molar-refractivity contribution in [3.63, 3.8) is 0 Å². The Kier molecular flexibility index (Phi) is 6.58. The van der Waals surface area contributed by atoms with Gasteiger partial charge in [-0.1, -0.05) is 6.92 Å². The Balaban J connectivity index is 1.73. The van der Waals surface area contributed by atoms with Crippen LogP contribution in [0.2, 0.25) is 0 Å². The molecule has 7 heteroatoms. The molecule has 2 rings (SSSR count). The zero-order valence-electron chi connectivity index (χ0n) is 14.0. The molecule has 1 aromatic heterocycles. The lowest BCUT2D eigenvalue weighted by atomic mass is 9.96. The van der Waals surface area contributed by atoms with Crippen molar-refractivity contribution in [2.45, 2.75) is 39.7 Å². The van der Waals surface area contributed by atoms with Crippen LogP contribution in [0.4, 0.5) is 5.69 Å². The Morgan fingerprint density at radius 3 is 2.65 bits per heavy atom.